The number of halogens is 2. The van der Waals surface area contributed by atoms with E-state index in [0.717, 1.165) is 49.8 Å². The quantitative estimate of drug-likeness (QED) is 0.269. The number of carbonyl (C=O) groups excluding carboxylic acids is 1. The highest BCUT2D eigenvalue weighted by Crippen LogP contribution is 2.36. The molecule has 0 radical (unpaired) electrons. The molecular weight excluding hydrogens is 486 g/mol. The molecule has 1 aliphatic carbocycles. The highest BCUT2D eigenvalue weighted by Gasteiger charge is 2.28. The zero-order valence-electron chi connectivity index (χ0n) is 21.6. The van der Waals surface area contributed by atoms with E-state index >= 15 is 0 Å². The van der Waals surface area contributed by atoms with Gasteiger partial charge in [0.2, 0.25) is 0 Å². The number of nitrogens with zero attached hydrogens (tertiary/aromatic N) is 3. The van der Waals surface area contributed by atoms with Gasteiger partial charge < -0.3 is 16.1 Å². The smallest absolute Gasteiger partial charge is 0.196 e. The second-order valence-corrected chi connectivity index (χ2v) is 10.2. The van der Waals surface area contributed by atoms with Crippen molar-refractivity contribution in [3.05, 3.63) is 77.1 Å². The lowest BCUT2D eigenvalue weighted by Crippen LogP contribution is -2.39. The second kappa shape index (κ2) is 11.9. The van der Waals surface area contributed by atoms with Crippen LogP contribution in [0.5, 0.6) is 0 Å². The Bertz CT molecular complexity index is 1250. The molecule has 0 bridgehead atoms. The normalized spacial score (nSPS) is 18.9. The molecule has 1 aromatic heterocycles. The number of piperidine rings is 1. The summed E-state index contributed by atoms with van der Waals surface area (Å²) in [7, 11) is 0. The van der Waals surface area contributed by atoms with Crippen molar-refractivity contribution in [1.29, 1.82) is 0 Å². The van der Waals surface area contributed by atoms with Gasteiger partial charge in [0, 0.05) is 19.1 Å². The predicted octanol–water partition coefficient (Wildman–Crippen LogP) is 6.33. The van der Waals surface area contributed by atoms with Gasteiger partial charge >= 0.3 is 0 Å². The molecule has 2 aromatic carbocycles. The van der Waals surface area contributed by atoms with Crippen LogP contribution in [0.25, 0.3) is 0 Å². The highest BCUT2D eigenvalue weighted by molar-refractivity contribution is 5.81. The molecule has 2 fully saturated rings. The molecule has 1 saturated carbocycles. The standard InChI is InChI=1S/C29H34F2N6O/c1-19(21-6-4-7-21)33-28-27(32-17-20-11-13-23(30)14-12-20)29(35-26(18-38)34-28)36-37-15-3-2-10-25(37)22-8-5-9-24(31)16-22/h5,8-9,11-14,16,18-19,21,25,32H,2-4,6-7,10,15,17H2,1H3,(H2,33,34,35,36)/t19-,25?/m1/s1. The van der Waals surface area contributed by atoms with Gasteiger partial charge in [0.25, 0.3) is 0 Å². The van der Waals surface area contributed by atoms with E-state index in [9.17, 15) is 13.6 Å². The number of anilines is 3. The maximum atomic E-state index is 14.1. The molecule has 200 valence electrons. The number of benzene rings is 2. The summed E-state index contributed by atoms with van der Waals surface area (Å²) in [5, 5.41) is 9.01. The minimum atomic E-state index is -0.292. The van der Waals surface area contributed by atoms with Crippen LogP contribution in [0.2, 0.25) is 0 Å². The third kappa shape index (κ3) is 6.10. The van der Waals surface area contributed by atoms with Crippen molar-refractivity contribution < 1.29 is 13.6 Å². The Labute approximate surface area is 222 Å². The van der Waals surface area contributed by atoms with Gasteiger partial charge in [-0.1, -0.05) is 37.1 Å². The molecule has 1 unspecified atom stereocenters. The van der Waals surface area contributed by atoms with E-state index in [0.29, 0.717) is 36.1 Å². The van der Waals surface area contributed by atoms with Crippen molar-refractivity contribution in [1.82, 2.24) is 15.0 Å². The summed E-state index contributed by atoms with van der Waals surface area (Å²) in [6.45, 7) is 3.28. The number of hydrogen-bond donors (Lipinski definition) is 3. The van der Waals surface area contributed by atoms with Gasteiger partial charge in [-0.2, -0.15) is 0 Å². The first-order chi connectivity index (χ1) is 18.5. The number of rotatable bonds is 10. The first kappa shape index (κ1) is 26.0. The van der Waals surface area contributed by atoms with E-state index in [1.54, 1.807) is 24.3 Å². The topological polar surface area (TPSA) is 82.2 Å². The molecule has 3 aromatic rings. The fourth-order valence-electron chi connectivity index (χ4n) is 5.21. The van der Waals surface area contributed by atoms with Crippen LogP contribution in [0.3, 0.4) is 0 Å². The van der Waals surface area contributed by atoms with Crippen LogP contribution >= 0.6 is 0 Å². The van der Waals surface area contributed by atoms with E-state index < -0.39 is 0 Å². The molecule has 3 N–H and O–H groups in total. The summed E-state index contributed by atoms with van der Waals surface area (Å²) >= 11 is 0. The van der Waals surface area contributed by atoms with Crippen LogP contribution in [-0.2, 0) is 6.54 Å². The van der Waals surface area contributed by atoms with E-state index in [4.69, 9.17) is 0 Å². The van der Waals surface area contributed by atoms with Crippen LogP contribution in [0.1, 0.15) is 73.2 Å². The molecular formula is C29H34F2N6O. The van der Waals surface area contributed by atoms with Gasteiger partial charge in [-0.05, 0) is 73.9 Å². The number of aromatic nitrogens is 2. The van der Waals surface area contributed by atoms with Crippen molar-refractivity contribution >= 4 is 23.6 Å². The first-order valence-corrected chi connectivity index (χ1v) is 13.4. The lowest BCUT2D eigenvalue weighted by molar-refractivity contribution is 0.111. The predicted molar refractivity (Wildman–Crippen MR) is 145 cm³/mol. The Hall–Kier alpha value is -3.59. The van der Waals surface area contributed by atoms with E-state index in [1.165, 1.54) is 24.6 Å². The summed E-state index contributed by atoms with van der Waals surface area (Å²) in [5.74, 6) is 1.07. The average Bonchev–Trinajstić information content (AvgIpc) is 2.88. The van der Waals surface area contributed by atoms with Crippen LogP contribution in [0.15, 0.2) is 48.5 Å². The molecule has 2 atom stereocenters. The largest absolute Gasteiger partial charge is 0.375 e. The van der Waals surface area contributed by atoms with Gasteiger partial charge in [0.1, 0.15) is 17.3 Å². The lowest BCUT2D eigenvalue weighted by atomic mass is 9.80. The van der Waals surface area contributed by atoms with Crippen LogP contribution in [-0.4, -0.2) is 33.8 Å². The summed E-state index contributed by atoms with van der Waals surface area (Å²) in [4.78, 5) is 20.9. The molecule has 38 heavy (non-hydrogen) atoms. The maximum Gasteiger partial charge on any atom is 0.196 e. The van der Waals surface area contributed by atoms with Gasteiger partial charge in [-0.15, -0.1) is 0 Å². The third-order valence-electron chi connectivity index (χ3n) is 7.62. The number of carbonyl (C=O) groups is 1. The van der Waals surface area contributed by atoms with Crippen molar-refractivity contribution in [3.63, 3.8) is 0 Å². The van der Waals surface area contributed by atoms with Crippen LogP contribution < -0.4 is 16.1 Å². The van der Waals surface area contributed by atoms with Crippen molar-refractivity contribution in [2.75, 3.05) is 22.6 Å². The fraction of sp³-hybridized carbons (Fsp3) is 0.414. The Balaban J connectivity index is 1.47. The zero-order valence-corrected chi connectivity index (χ0v) is 21.6. The maximum absolute atomic E-state index is 14.1. The number of nitrogens with one attached hydrogen (secondary N) is 3. The Morgan fingerprint density at radius 2 is 1.79 bits per heavy atom. The first-order valence-electron chi connectivity index (χ1n) is 13.4. The lowest BCUT2D eigenvalue weighted by Gasteiger charge is -2.37. The van der Waals surface area contributed by atoms with Crippen molar-refractivity contribution in [2.45, 2.75) is 64.1 Å². The summed E-state index contributed by atoms with van der Waals surface area (Å²) in [6.07, 6.45) is 7.06. The molecule has 9 heteroatoms. The Kier molecular flexibility index (Phi) is 8.12. The fourth-order valence-corrected chi connectivity index (χ4v) is 5.21. The highest BCUT2D eigenvalue weighted by atomic mass is 19.1. The van der Waals surface area contributed by atoms with Crippen LogP contribution in [0, 0.1) is 17.6 Å². The van der Waals surface area contributed by atoms with E-state index in [1.807, 2.05) is 6.07 Å². The van der Waals surface area contributed by atoms with Gasteiger partial charge in [-0.3, -0.25) is 4.79 Å². The number of aldehydes is 1. The van der Waals surface area contributed by atoms with Gasteiger partial charge in [0.05, 0.1) is 6.04 Å². The minimum absolute atomic E-state index is 0.0515. The molecule has 0 spiro atoms. The summed E-state index contributed by atoms with van der Waals surface area (Å²) < 4.78 is 27.5. The van der Waals surface area contributed by atoms with Crippen molar-refractivity contribution in [2.24, 2.45) is 5.92 Å². The molecule has 5 rings (SSSR count). The summed E-state index contributed by atoms with van der Waals surface area (Å²) in [6, 6.07) is 13.1. The summed E-state index contributed by atoms with van der Waals surface area (Å²) in [5.41, 5.74) is 5.86. The number of hydrazine groups is 1. The van der Waals surface area contributed by atoms with E-state index in [-0.39, 0.29) is 29.5 Å². The average molecular weight is 521 g/mol. The molecule has 0 amide bonds. The minimum Gasteiger partial charge on any atom is -0.375 e. The molecule has 2 aliphatic rings. The second-order valence-electron chi connectivity index (χ2n) is 10.2. The van der Waals surface area contributed by atoms with Gasteiger partial charge in [-0.25, -0.2) is 23.8 Å². The molecule has 2 heterocycles. The van der Waals surface area contributed by atoms with E-state index in [2.05, 4.69) is 38.0 Å². The number of hydrogen-bond acceptors (Lipinski definition) is 7. The third-order valence-corrected chi connectivity index (χ3v) is 7.62. The van der Waals surface area contributed by atoms with Gasteiger partial charge in [0.15, 0.2) is 23.7 Å². The SMILES string of the molecule is C[C@@H](Nc1nc(C=O)nc(NN2CCCCC2c2cccc(F)c2)c1NCc1ccc(F)cc1)C1CCC1. The Morgan fingerprint density at radius 1 is 1.00 bits per heavy atom. The Morgan fingerprint density at radius 3 is 2.50 bits per heavy atom. The monoisotopic (exact) mass is 520 g/mol. The molecule has 1 aliphatic heterocycles. The molecule has 7 nitrogen and oxygen atoms in total. The van der Waals surface area contributed by atoms with Crippen molar-refractivity contribution in [3.8, 4) is 0 Å². The van der Waals surface area contributed by atoms with Crippen LogP contribution in [0.4, 0.5) is 26.1 Å². The zero-order chi connectivity index (χ0) is 26.5. The molecule has 1 saturated heterocycles.